The van der Waals surface area contributed by atoms with Gasteiger partial charge < -0.3 is 20.7 Å². The van der Waals surface area contributed by atoms with E-state index in [9.17, 15) is 9.59 Å². The topological polar surface area (TPSA) is 84.7 Å². The molecule has 3 N–H and O–H groups in total. The fourth-order valence-corrected chi connectivity index (χ4v) is 2.64. The molecule has 1 aromatic rings. The zero-order valence-corrected chi connectivity index (χ0v) is 15.7. The Labute approximate surface area is 154 Å². The third-order valence-corrected chi connectivity index (χ3v) is 3.82. The fourth-order valence-electron chi connectivity index (χ4n) is 2.43. The van der Waals surface area contributed by atoms with E-state index in [1.807, 2.05) is 24.3 Å². The van der Waals surface area contributed by atoms with E-state index in [1.165, 1.54) is 0 Å². The molecule has 140 valence electrons. The van der Waals surface area contributed by atoms with Gasteiger partial charge in [-0.25, -0.2) is 0 Å². The molecule has 6 nitrogen and oxygen atoms in total. The van der Waals surface area contributed by atoms with Gasteiger partial charge in [0.25, 0.3) is 0 Å². The van der Waals surface area contributed by atoms with Gasteiger partial charge in [0.2, 0.25) is 5.91 Å². The van der Waals surface area contributed by atoms with E-state index in [1.54, 1.807) is 6.92 Å². The summed E-state index contributed by atoms with van der Waals surface area (Å²) in [7, 11) is 0. The van der Waals surface area contributed by atoms with Crippen molar-refractivity contribution in [3.63, 3.8) is 0 Å². The predicted octanol–water partition coefficient (Wildman–Crippen LogP) is 1.69. The number of carbonyl (C=O) groups is 2. The largest absolute Gasteiger partial charge is 0.465 e. The molecular weight excluding hydrogens is 342 g/mol. The molecule has 0 aliphatic carbocycles. The van der Waals surface area contributed by atoms with Crippen molar-refractivity contribution in [1.29, 1.82) is 0 Å². The van der Waals surface area contributed by atoms with E-state index in [-0.39, 0.29) is 19.1 Å². The summed E-state index contributed by atoms with van der Waals surface area (Å²) in [6.45, 7) is 5.70. The predicted molar refractivity (Wildman–Crippen MR) is 101 cm³/mol. The van der Waals surface area contributed by atoms with Crippen LogP contribution < -0.4 is 16.0 Å². The first kappa shape index (κ1) is 21.3. The second-order valence-corrected chi connectivity index (χ2v) is 6.05. The quantitative estimate of drug-likeness (QED) is 0.458. The Balaban J connectivity index is 2.55. The SMILES string of the molecule is CCCN(CCCl)c1ccc(C[C@H](N)C(=O)NCC(=O)OCC)cc1. The van der Waals surface area contributed by atoms with Crippen molar-refractivity contribution >= 4 is 29.2 Å². The van der Waals surface area contributed by atoms with Crippen LogP contribution in [0.5, 0.6) is 0 Å². The number of halogens is 1. The molecule has 1 aromatic carbocycles. The van der Waals surface area contributed by atoms with Crippen LogP contribution in [-0.2, 0) is 20.7 Å². The first-order valence-electron chi connectivity index (χ1n) is 8.60. The third-order valence-electron chi connectivity index (χ3n) is 3.65. The van der Waals surface area contributed by atoms with E-state index in [0.29, 0.717) is 12.3 Å². The molecule has 1 atom stereocenters. The zero-order chi connectivity index (χ0) is 18.7. The number of hydrogen-bond donors (Lipinski definition) is 2. The summed E-state index contributed by atoms with van der Waals surface area (Å²) in [4.78, 5) is 25.4. The average Bonchev–Trinajstić information content (AvgIpc) is 2.60. The number of nitrogens with zero attached hydrogens (tertiary/aromatic N) is 1. The number of benzene rings is 1. The van der Waals surface area contributed by atoms with Gasteiger partial charge in [0, 0.05) is 24.7 Å². The summed E-state index contributed by atoms with van der Waals surface area (Å²) in [6, 6.07) is 7.24. The van der Waals surface area contributed by atoms with Crippen molar-refractivity contribution in [2.75, 3.05) is 37.0 Å². The van der Waals surface area contributed by atoms with Crippen molar-refractivity contribution in [1.82, 2.24) is 5.32 Å². The number of anilines is 1. The van der Waals surface area contributed by atoms with E-state index >= 15 is 0 Å². The van der Waals surface area contributed by atoms with Gasteiger partial charge in [0.05, 0.1) is 12.6 Å². The van der Waals surface area contributed by atoms with Crippen LogP contribution in [0.15, 0.2) is 24.3 Å². The van der Waals surface area contributed by atoms with Crippen LogP contribution in [0.1, 0.15) is 25.8 Å². The van der Waals surface area contributed by atoms with Crippen LogP contribution in [0, 0.1) is 0 Å². The number of esters is 1. The molecule has 0 spiro atoms. The number of hydrogen-bond acceptors (Lipinski definition) is 5. The number of alkyl halides is 1. The lowest BCUT2D eigenvalue weighted by molar-refractivity contribution is -0.143. The molecule has 0 aliphatic heterocycles. The van der Waals surface area contributed by atoms with Gasteiger partial charge in [-0.3, -0.25) is 9.59 Å². The lowest BCUT2D eigenvalue weighted by atomic mass is 10.1. The van der Waals surface area contributed by atoms with E-state index in [4.69, 9.17) is 22.1 Å². The van der Waals surface area contributed by atoms with Crippen LogP contribution >= 0.6 is 11.6 Å². The highest BCUT2D eigenvalue weighted by Crippen LogP contribution is 2.16. The molecule has 0 saturated carbocycles. The monoisotopic (exact) mass is 369 g/mol. The summed E-state index contributed by atoms with van der Waals surface area (Å²) in [5, 5.41) is 2.49. The number of nitrogens with two attached hydrogens (primary N) is 1. The van der Waals surface area contributed by atoms with Crippen LogP contribution in [0.3, 0.4) is 0 Å². The number of nitrogens with one attached hydrogen (secondary N) is 1. The number of amides is 1. The zero-order valence-electron chi connectivity index (χ0n) is 15.0. The van der Waals surface area contributed by atoms with Crippen LogP contribution in [0.2, 0.25) is 0 Å². The summed E-state index contributed by atoms with van der Waals surface area (Å²) in [6.07, 6.45) is 1.45. The molecule has 1 rings (SSSR count). The molecular formula is C18H28ClN3O3. The van der Waals surface area contributed by atoms with E-state index < -0.39 is 12.0 Å². The summed E-state index contributed by atoms with van der Waals surface area (Å²) < 4.78 is 4.76. The molecule has 1 amide bonds. The smallest absolute Gasteiger partial charge is 0.325 e. The highest BCUT2D eigenvalue weighted by atomic mass is 35.5. The minimum Gasteiger partial charge on any atom is -0.465 e. The molecule has 25 heavy (non-hydrogen) atoms. The lowest BCUT2D eigenvalue weighted by Gasteiger charge is -2.23. The highest BCUT2D eigenvalue weighted by molar-refractivity contribution is 6.18. The van der Waals surface area contributed by atoms with Gasteiger partial charge in [0.1, 0.15) is 6.54 Å². The Morgan fingerprint density at radius 1 is 1.24 bits per heavy atom. The maximum absolute atomic E-state index is 11.9. The van der Waals surface area contributed by atoms with E-state index in [2.05, 4.69) is 17.1 Å². The maximum atomic E-state index is 11.9. The molecule has 0 radical (unpaired) electrons. The number of carbonyl (C=O) groups excluding carboxylic acids is 2. The van der Waals surface area contributed by atoms with Crippen molar-refractivity contribution in [2.24, 2.45) is 5.73 Å². The lowest BCUT2D eigenvalue weighted by Crippen LogP contribution is -2.44. The minimum atomic E-state index is -0.713. The number of ether oxygens (including phenoxy) is 1. The summed E-state index contributed by atoms with van der Waals surface area (Å²) >= 11 is 5.85. The molecule has 0 fully saturated rings. The molecule has 0 heterocycles. The van der Waals surface area contributed by atoms with Crippen LogP contribution in [0.4, 0.5) is 5.69 Å². The van der Waals surface area contributed by atoms with E-state index in [0.717, 1.165) is 30.8 Å². The first-order valence-corrected chi connectivity index (χ1v) is 9.14. The maximum Gasteiger partial charge on any atom is 0.325 e. The Bertz CT molecular complexity index is 531. The minimum absolute atomic E-state index is 0.163. The van der Waals surface area contributed by atoms with Crippen LogP contribution in [0.25, 0.3) is 0 Å². The average molecular weight is 370 g/mol. The van der Waals surface area contributed by atoms with Gasteiger partial charge >= 0.3 is 5.97 Å². The van der Waals surface area contributed by atoms with Gasteiger partial charge in [-0.15, -0.1) is 11.6 Å². The Morgan fingerprint density at radius 2 is 1.92 bits per heavy atom. The fraction of sp³-hybridized carbons (Fsp3) is 0.556. The van der Waals surface area contributed by atoms with Crippen molar-refractivity contribution in [2.45, 2.75) is 32.7 Å². The third kappa shape index (κ3) is 7.75. The van der Waals surface area contributed by atoms with Crippen LogP contribution in [-0.4, -0.2) is 50.0 Å². The Kier molecular flexibility index (Phi) is 9.96. The van der Waals surface area contributed by atoms with Gasteiger partial charge in [0.15, 0.2) is 0 Å². The molecule has 0 aliphatic rings. The molecule has 0 aromatic heterocycles. The van der Waals surface area contributed by atoms with Crippen molar-refractivity contribution in [3.05, 3.63) is 29.8 Å². The summed E-state index contributed by atoms with van der Waals surface area (Å²) in [5.74, 6) is -0.262. The highest BCUT2D eigenvalue weighted by Gasteiger charge is 2.15. The van der Waals surface area contributed by atoms with Gasteiger partial charge in [-0.1, -0.05) is 19.1 Å². The molecule has 0 bridgehead atoms. The summed E-state index contributed by atoms with van der Waals surface area (Å²) in [5.41, 5.74) is 7.98. The second-order valence-electron chi connectivity index (χ2n) is 5.68. The first-order chi connectivity index (χ1) is 12.0. The normalized spacial score (nSPS) is 11.7. The molecule has 0 unspecified atom stereocenters. The molecule has 0 saturated heterocycles. The number of rotatable bonds is 11. The van der Waals surface area contributed by atoms with Gasteiger partial charge in [-0.05, 0) is 37.5 Å². The second kappa shape index (κ2) is 11.7. The standard InChI is InChI=1S/C18H28ClN3O3/c1-3-10-22(11-9-19)15-7-5-14(6-8-15)12-16(20)18(24)21-13-17(23)25-4-2/h5-8,16H,3-4,9-13,20H2,1-2H3,(H,21,24)/t16-/m0/s1. The van der Waals surface area contributed by atoms with Gasteiger partial charge in [-0.2, -0.15) is 0 Å². The Morgan fingerprint density at radius 3 is 2.48 bits per heavy atom. The van der Waals surface area contributed by atoms with Crippen molar-refractivity contribution < 1.29 is 14.3 Å². The Hall–Kier alpha value is -1.79. The van der Waals surface area contributed by atoms with Crippen molar-refractivity contribution in [3.8, 4) is 0 Å². The molecule has 7 heteroatoms.